The van der Waals surface area contributed by atoms with Crippen LogP contribution in [0.1, 0.15) is 30.2 Å². The number of carbonyl (C=O) groups excluding carboxylic acids is 3. The first-order valence-corrected chi connectivity index (χ1v) is 18.4. The zero-order chi connectivity index (χ0) is 42.1. The number of amides is 3. The third kappa shape index (κ3) is 8.52. The maximum absolute atomic E-state index is 14.3. The number of aliphatic hydroxyl groups is 10. The van der Waals surface area contributed by atoms with Crippen LogP contribution in [0.5, 0.6) is 0 Å². The fourth-order valence-corrected chi connectivity index (χ4v) is 6.96. The molecule has 3 amide bonds. The van der Waals surface area contributed by atoms with Crippen molar-refractivity contribution in [2.45, 2.75) is 99.9 Å². The number of nitrogens with zero attached hydrogens (tertiary/aromatic N) is 4. The van der Waals surface area contributed by atoms with Crippen LogP contribution in [0.2, 0.25) is 0 Å². The van der Waals surface area contributed by atoms with Gasteiger partial charge in [0.2, 0.25) is 0 Å². The van der Waals surface area contributed by atoms with E-state index in [-0.39, 0.29) is 35.8 Å². The first-order chi connectivity index (χ1) is 27.5. The smallest absolute Gasteiger partial charge is 0.264 e. The number of fused-ring (bicyclic) bond motifs is 1. The maximum atomic E-state index is 14.3. The van der Waals surface area contributed by atoms with Crippen LogP contribution in [-0.4, -0.2) is 152 Å². The van der Waals surface area contributed by atoms with Crippen molar-refractivity contribution in [1.82, 2.24) is 15.0 Å². The molecule has 3 aliphatic rings. The number of aliphatic hydroxyl groups excluding tert-OH is 9. The van der Waals surface area contributed by atoms with Crippen molar-refractivity contribution in [1.29, 1.82) is 0 Å². The van der Waals surface area contributed by atoms with Gasteiger partial charge < -0.3 is 76.1 Å². The van der Waals surface area contributed by atoms with Gasteiger partial charge in [0.25, 0.3) is 17.7 Å². The van der Waals surface area contributed by atoms with Crippen LogP contribution >= 0.6 is 0 Å². The second-order valence-electron chi connectivity index (χ2n) is 14.4. The molecule has 2 aromatic carbocycles. The maximum Gasteiger partial charge on any atom is 0.264 e. The monoisotopic (exact) mass is 814 g/mol. The van der Waals surface area contributed by atoms with Crippen LogP contribution in [0, 0.1) is 5.92 Å². The van der Waals surface area contributed by atoms with Gasteiger partial charge in [-0.25, -0.2) is 0 Å². The lowest BCUT2D eigenvalue weighted by atomic mass is 9.82. The Bertz CT molecular complexity index is 1980. The quantitative estimate of drug-likeness (QED) is 0.0739. The van der Waals surface area contributed by atoms with E-state index >= 15 is 0 Å². The van der Waals surface area contributed by atoms with Crippen molar-refractivity contribution in [3.05, 3.63) is 77.6 Å². The van der Waals surface area contributed by atoms with Crippen molar-refractivity contribution in [2.24, 2.45) is 5.92 Å². The Morgan fingerprint density at radius 1 is 0.845 bits per heavy atom. The van der Waals surface area contributed by atoms with Crippen LogP contribution in [0.15, 0.2) is 60.8 Å². The Labute approximate surface area is 330 Å². The minimum absolute atomic E-state index is 0.0606. The van der Waals surface area contributed by atoms with Crippen molar-refractivity contribution >= 4 is 34.8 Å². The summed E-state index contributed by atoms with van der Waals surface area (Å²) in [7, 11) is 0. The highest BCUT2D eigenvalue weighted by Gasteiger charge is 2.53. The van der Waals surface area contributed by atoms with E-state index in [1.807, 2.05) is 0 Å². The molecule has 314 valence electrons. The number of hydrogen-bond donors (Lipinski definition) is 12. The van der Waals surface area contributed by atoms with E-state index in [1.165, 1.54) is 35.2 Å². The molecule has 0 radical (unpaired) electrons. The van der Waals surface area contributed by atoms with Crippen LogP contribution in [0.4, 0.5) is 17.1 Å². The van der Waals surface area contributed by atoms with Crippen molar-refractivity contribution in [3.8, 4) is 0 Å². The molecule has 12 atom stereocenters. The molecule has 0 spiro atoms. The molecular weight excluding hydrogens is 768 g/mol. The summed E-state index contributed by atoms with van der Waals surface area (Å²) in [5.41, 5.74) is -0.332. The van der Waals surface area contributed by atoms with E-state index in [4.69, 9.17) is 14.6 Å². The molecule has 21 heteroatoms. The fraction of sp³-hybridized carbons (Fsp3) is 0.486. The molecule has 12 N–H and O–H groups in total. The van der Waals surface area contributed by atoms with Gasteiger partial charge >= 0.3 is 0 Å². The van der Waals surface area contributed by atoms with Gasteiger partial charge in [-0.05, 0) is 42.3 Å². The highest BCUT2D eigenvalue weighted by molar-refractivity contribution is 6.08. The summed E-state index contributed by atoms with van der Waals surface area (Å²) >= 11 is 0. The molecule has 4 heterocycles. The number of rotatable bonds is 13. The number of anilines is 3. The summed E-state index contributed by atoms with van der Waals surface area (Å²) in [6.07, 6.45) is -12.6. The van der Waals surface area contributed by atoms with E-state index < -0.39 is 90.7 Å². The molecule has 0 saturated carbocycles. The van der Waals surface area contributed by atoms with Gasteiger partial charge in [0.15, 0.2) is 30.4 Å². The SMILES string of the molecule is C[C@H](/C=C/CCn1cc(CCO)nn1)[C@@]1(O)C(=O)N(Cc2ccc(NC(=O)[C@H]3O[C@@H](O)[C@H](O)[C@@H](O)[C@@H]3O)cc2)c2ccc(NC(=O)[C@H]3O[C@@H](O)[C@H](O)[C@@H](O)[C@@H]3O)cc21. The highest BCUT2D eigenvalue weighted by Crippen LogP contribution is 2.47. The minimum Gasteiger partial charge on any atom is -0.396 e. The Morgan fingerprint density at radius 3 is 2.00 bits per heavy atom. The van der Waals surface area contributed by atoms with Crippen molar-refractivity contribution in [2.75, 3.05) is 22.1 Å². The number of benzene rings is 2. The van der Waals surface area contributed by atoms with Gasteiger partial charge in [-0.3, -0.25) is 19.1 Å². The van der Waals surface area contributed by atoms with E-state index in [2.05, 4.69) is 20.9 Å². The van der Waals surface area contributed by atoms with Gasteiger partial charge in [0.05, 0.1) is 17.9 Å². The van der Waals surface area contributed by atoms with E-state index in [0.717, 1.165) is 0 Å². The average Bonchev–Trinajstić information content (AvgIpc) is 3.74. The average molecular weight is 815 g/mol. The number of carbonyl (C=O) groups is 3. The molecule has 0 unspecified atom stereocenters. The Kier molecular flexibility index (Phi) is 13.0. The predicted molar refractivity (Wildman–Crippen MR) is 197 cm³/mol. The van der Waals surface area contributed by atoms with Gasteiger partial charge in [0.1, 0.15) is 36.6 Å². The molecular formula is C37H46N6O15. The van der Waals surface area contributed by atoms with E-state index in [9.17, 15) is 60.3 Å². The van der Waals surface area contributed by atoms with Gasteiger partial charge in [-0.15, -0.1) is 5.10 Å². The topological polar surface area (TPSA) is 330 Å². The summed E-state index contributed by atoms with van der Waals surface area (Å²) in [5.74, 6) is -3.46. The summed E-state index contributed by atoms with van der Waals surface area (Å²) < 4.78 is 11.6. The summed E-state index contributed by atoms with van der Waals surface area (Å²) in [6, 6.07) is 10.4. The molecule has 58 heavy (non-hydrogen) atoms. The standard InChI is InChI=1S/C37H46N6O15/c1-17(4-2-3-12-42-16-21(11-13-44)40-41-42)37(56)22-14-20(39-33(52)31-27(48)25(46)29(50)35(54)58-31)9-10-23(22)43(36(37)55)15-18-5-7-19(8-6-18)38-32(51)30-26(47)24(45)28(49)34(53)57-30/h2,4-10,14,16-17,24-31,34-35,44-50,53-54,56H,3,11-13,15H2,1H3,(H,38,51)(H,39,52)/b4-2+/t17-,24+,25+,26+,27+,28-,29-,30+,31+,34-,35-,37+/m1/s1. The lowest BCUT2D eigenvalue weighted by Gasteiger charge is -2.37. The zero-order valence-corrected chi connectivity index (χ0v) is 31.0. The Balaban J connectivity index is 1.21. The van der Waals surface area contributed by atoms with Crippen LogP contribution < -0.4 is 15.5 Å². The summed E-state index contributed by atoms with van der Waals surface area (Å²) in [5, 5.41) is 114. The summed E-state index contributed by atoms with van der Waals surface area (Å²) in [4.78, 5) is 41.6. The van der Waals surface area contributed by atoms with Crippen molar-refractivity contribution in [3.63, 3.8) is 0 Å². The Morgan fingerprint density at radius 2 is 1.41 bits per heavy atom. The molecule has 0 aliphatic carbocycles. The summed E-state index contributed by atoms with van der Waals surface area (Å²) in [6.45, 7) is 1.90. The van der Waals surface area contributed by atoms with E-state index in [1.54, 1.807) is 42.1 Å². The number of ether oxygens (including phenoxy) is 2. The normalized spacial score (nSPS) is 31.6. The first kappa shape index (κ1) is 42.8. The van der Waals surface area contributed by atoms with Crippen molar-refractivity contribution < 1.29 is 74.9 Å². The minimum atomic E-state index is -2.18. The van der Waals surface area contributed by atoms with Gasteiger partial charge in [-0.1, -0.05) is 36.4 Å². The van der Waals surface area contributed by atoms with E-state index in [0.29, 0.717) is 30.6 Å². The molecule has 2 fully saturated rings. The van der Waals surface area contributed by atoms with Gasteiger partial charge in [0, 0.05) is 48.6 Å². The number of aromatic nitrogens is 3. The second-order valence-corrected chi connectivity index (χ2v) is 14.4. The molecule has 1 aromatic heterocycles. The predicted octanol–water partition coefficient (Wildman–Crippen LogP) is -3.69. The van der Waals surface area contributed by atoms with Crippen LogP contribution in [-0.2, 0) is 49.0 Å². The number of nitrogens with one attached hydrogen (secondary N) is 2. The third-order valence-electron chi connectivity index (χ3n) is 10.4. The lowest BCUT2D eigenvalue weighted by Crippen LogP contribution is -2.60. The molecule has 3 aliphatic heterocycles. The highest BCUT2D eigenvalue weighted by atomic mass is 16.6. The number of aryl methyl sites for hydroxylation is 1. The molecule has 0 bridgehead atoms. The fourth-order valence-electron chi connectivity index (χ4n) is 6.96. The van der Waals surface area contributed by atoms with Crippen LogP contribution in [0.25, 0.3) is 0 Å². The second kappa shape index (κ2) is 17.6. The zero-order valence-electron chi connectivity index (χ0n) is 31.0. The first-order valence-electron chi connectivity index (χ1n) is 18.4. The van der Waals surface area contributed by atoms with Gasteiger partial charge in [-0.2, -0.15) is 0 Å². The molecule has 21 nitrogen and oxygen atoms in total. The molecule has 2 saturated heterocycles. The molecule has 3 aromatic rings. The lowest BCUT2D eigenvalue weighted by molar-refractivity contribution is -0.274. The largest absolute Gasteiger partial charge is 0.396 e. The third-order valence-corrected chi connectivity index (χ3v) is 10.4. The Hall–Kier alpha value is -4.75. The number of hydrogen-bond acceptors (Lipinski definition) is 17. The molecule has 6 rings (SSSR count). The number of allylic oxidation sites excluding steroid dienone is 1. The van der Waals surface area contributed by atoms with Crippen LogP contribution in [0.3, 0.4) is 0 Å².